The van der Waals surface area contributed by atoms with Crippen LogP contribution in [0.5, 0.6) is 5.75 Å². The van der Waals surface area contributed by atoms with E-state index >= 15 is 0 Å². The molecule has 2 aromatic rings. The minimum Gasteiger partial charge on any atom is -0.466 e. The molecule has 0 radical (unpaired) electrons. The second-order valence-electron chi connectivity index (χ2n) is 6.69. The molecule has 0 saturated carbocycles. The highest BCUT2D eigenvalue weighted by Gasteiger charge is 2.31. The van der Waals surface area contributed by atoms with Gasteiger partial charge in [0.2, 0.25) is 0 Å². The number of nitrogens with zero attached hydrogens (tertiary/aromatic N) is 3. The number of hydrogen-bond acceptors (Lipinski definition) is 8. The van der Waals surface area contributed by atoms with E-state index in [-0.39, 0.29) is 23.3 Å². The third-order valence-electron chi connectivity index (χ3n) is 4.55. The lowest BCUT2D eigenvalue weighted by Gasteiger charge is -2.33. The minimum atomic E-state index is -4.75. The van der Waals surface area contributed by atoms with Crippen molar-refractivity contribution in [3.63, 3.8) is 0 Å². The van der Waals surface area contributed by atoms with Crippen molar-refractivity contribution < 1.29 is 27.4 Å². The number of ether oxygens (including phenoxy) is 2. The number of rotatable bonds is 6. The lowest BCUT2D eigenvalue weighted by molar-refractivity contribution is -0.274. The molecular formula is C19H22F3N5O3. The predicted octanol–water partition coefficient (Wildman–Crippen LogP) is 3.48. The van der Waals surface area contributed by atoms with E-state index in [2.05, 4.69) is 20.0 Å². The predicted molar refractivity (Wildman–Crippen MR) is 104 cm³/mol. The molecule has 0 aliphatic carbocycles. The maximum Gasteiger partial charge on any atom is 0.573 e. The van der Waals surface area contributed by atoms with Gasteiger partial charge in [0, 0.05) is 18.8 Å². The SMILES string of the molecule is CCOC(=O)C1CCCN(c2ncnc(Nc3ccc(OC(F)(F)F)cc3)c2N)C1. The van der Waals surface area contributed by atoms with Gasteiger partial charge in [0.25, 0.3) is 0 Å². The van der Waals surface area contributed by atoms with Crippen molar-refractivity contribution in [1.82, 2.24) is 9.97 Å². The molecule has 3 rings (SSSR count). The summed E-state index contributed by atoms with van der Waals surface area (Å²) in [5.41, 5.74) is 6.99. The van der Waals surface area contributed by atoms with Crippen LogP contribution in [0.25, 0.3) is 0 Å². The first-order valence-corrected chi connectivity index (χ1v) is 9.41. The largest absolute Gasteiger partial charge is 0.573 e. The molecule has 1 aliphatic rings. The Balaban J connectivity index is 1.73. The van der Waals surface area contributed by atoms with Gasteiger partial charge in [0.05, 0.1) is 12.5 Å². The van der Waals surface area contributed by atoms with E-state index in [1.165, 1.54) is 30.6 Å². The molecule has 1 atom stereocenters. The minimum absolute atomic E-state index is 0.241. The van der Waals surface area contributed by atoms with E-state index in [1.807, 2.05) is 4.90 Å². The molecule has 1 aliphatic heterocycles. The number of piperidine rings is 1. The van der Waals surface area contributed by atoms with Crippen LogP contribution < -0.4 is 20.7 Å². The molecule has 1 aromatic heterocycles. The Labute approximate surface area is 171 Å². The number of carbonyl (C=O) groups is 1. The first kappa shape index (κ1) is 21.5. The van der Waals surface area contributed by atoms with Crippen molar-refractivity contribution in [2.45, 2.75) is 26.1 Å². The Morgan fingerprint density at radius 1 is 1.30 bits per heavy atom. The highest BCUT2D eigenvalue weighted by atomic mass is 19.4. The standard InChI is InChI=1S/C19H22F3N5O3/c1-2-29-18(28)12-4-3-9-27(10-12)17-15(23)16(24-11-25-17)26-13-5-7-14(8-6-13)30-19(20,21)22/h5-8,11-12H,2-4,9-10,23H2,1H3,(H,24,25,26). The van der Waals surface area contributed by atoms with E-state index in [0.717, 1.165) is 12.8 Å². The molecule has 1 unspecified atom stereocenters. The highest BCUT2D eigenvalue weighted by molar-refractivity contribution is 5.79. The van der Waals surface area contributed by atoms with Gasteiger partial charge in [0.15, 0.2) is 11.6 Å². The number of halogens is 3. The van der Waals surface area contributed by atoms with Crippen LogP contribution in [-0.2, 0) is 9.53 Å². The molecular weight excluding hydrogens is 403 g/mol. The Hall–Kier alpha value is -3.24. The summed E-state index contributed by atoms with van der Waals surface area (Å²) in [7, 11) is 0. The van der Waals surface area contributed by atoms with Gasteiger partial charge in [0.1, 0.15) is 17.8 Å². The monoisotopic (exact) mass is 425 g/mol. The summed E-state index contributed by atoms with van der Waals surface area (Å²) < 4.78 is 45.8. The quantitative estimate of drug-likeness (QED) is 0.679. The molecule has 0 amide bonds. The van der Waals surface area contributed by atoms with E-state index in [1.54, 1.807) is 6.92 Å². The summed E-state index contributed by atoms with van der Waals surface area (Å²) in [5, 5.41) is 2.96. The number of nitrogens with one attached hydrogen (secondary N) is 1. The van der Waals surface area contributed by atoms with Crippen LogP contribution in [0.2, 0.25) is 0 Å². The van der Waals surface area contributed by atoms with Gasteiger partial charge in [-0.1, -0.05) is 0 Å². The van der Waals surface area contributed by atoms with Crippen LogP contribution in [-0.4, -0.2) is 42.0 Å². The smallest absolute Gasteiger partial charge is 0.466 e. The first-order valence-electron chi connectivity index (χ1n) is 9.41. The number of alkyl halides is 3. The zero-order chi connectivity index (χ0) is 21.7. The second-order valence-corrected chi connectivity index (χ2v) is 6.69. The zero-order valence-corrected chi connectivity index (χ0v) is 16.3. The van der Waals surface area contributed by atoms with Gasteiger partial charge in [-0.25, -0.2) is 9.97 Å². The van der Waals surface area contributed by atoms with Crippen LogP contribution in [0.4, 0.5) is 36.2 Å². The molecule has 0 spiro atoms. The molecule has 3 N–H and O–H groups in total. The van der Waals surface area contributed by atoms with Crippen LogP contribution >= 0.6 is 0 Å². The lowest BCUT2D eigenvalue weighted by atomic mass is 9.98. The molecule has 0 bridgehead atoms. The normalized spacial score (nSPS) is 16.8. The van der Waals surface area contributed by atoms with E-state index in [9.17, 15) is 18.0 Å². The fraction of sp³-hybridized carbons (Fsp3) is 0.421. The fourth-order valence-electron chi connectivity index (χ4n) is 3.24. The molecule has 1 aromatic carbocycles. The Morgan fingerprint density at radius 2 is 2.03 bits per heavy atom. The maximum absolute atomic E-state index is 12.3. The van der Waals surface area contributed by atoms with Gasteiger partial charge < -0.3 is 25.4 Å². The average molecular weight is 425 g/mol. The van der Waals surface area contributed by atoms with Crippen molar-refractivity contribution >= 4 is 29.0 Å². The lowest BCUT2D eigenvalue weighted by Crippen LogP contribution is -2.40. The summed E-state index contributed by atoms with van der Waals surface area (Å²) in [6.07, 6.45) is -1.89. The van der Waals surface area contributed by atoms with Gasteiger partial charge >= 0.3 is 12.3 Å². The Kier molecular flexibility index (Phi) is 6.48. The van der Waals surface area contributed by atoms with Crippen LogP contribution in [0, 0.1) is 5.92 Å². The Morgan fingerprint density at radius 3 is 2.70 bits per heavy atom. The van der Waals surface area contributed by atoms with Crippen molar-refractivity contribution in [1.29, 1.82) is 0 Å². The van der Waals surface area contributed by atoms with E-state index in [4.69, 9.17) is 10.5 Å². The van der Waals surface area contributed by atoms with Crippen molar-refractivity contribution in [2.75, 3.05) is 35.6 Å². The summed E-state index contributed by atoms with van der Waals surface area (Å²) in [4.78, 5) is 22.4. The van der Waals surface area contributed by atoms with Crippen LogP contribution in [0.3, 0.4) is 0 Å². The number of nitrogens with two attached hydrogens (primary N) is 1. The number of carbonyl (C=O) groups excluding carboxylic acids is 1. The topological polar surface area (TPSA) is 103 Å². The molecule has 162 valence electrons. The molecule has 1 saturated heterocycles. The van der Waals surface area contributed by atoms with E-state index < -0.39 is 6.36 Å². The van der Waals surface area contributed by atoms with Crippen molar-refractivity contribution in [3.8, 4) is 5.75 Å². The zero-order valence-electron chi connectivity index (χ0n) is 16.3. The summed E-state index contributed by atoms with van der Waals surface area (Å²) in [6, 6.07) is 5.20. The number of hydrogen-bond donors (Lipinski definition) is 2. The highest BCUT2D eigenvalue weighted by Crippen LogP contribution is 2.32. The van der Waals surface area contributed by atoms with Crippen molar-refractivity contribution in [3.05, 3.63) is 30.6 Å². The molecule has 2 heterocycles. The molecule has 11 heteroatoms. The summed E-state index contributed by atoms with van der Waals surface area (Å²) >= 11 is 0. The molecule has 8 nitrogen and oxygen atoms in total. The van der Waals surface area contributed by atoms with Gasteiger partial charge in [-0.2, -0.15) is 0 Å². The third-order valence-corrected chi connectivity index (χ3v) is 4.55. The fourth-order valence-corrected chi connectivity index (χ4v) is 3.24. The van der Waals surface area contributed by atoms with Crippen LogP contribution in [0.15, 0.2) is 30.6 Å². The molecule has 1 fully saturated rings. The van der Waals surface area contributed by atoms with Crippen LogP contribution in [0.1, 0.15) is 19.8 Å². The summed E-state index contributed by atoms with van der Waals surface area (Å²) in [6.45, 7) is 3.20. The van der Waals surface area contributed by atoms with Crippen molar-refractivity contribution in [2.24, 2.45) is 5.92 Å². The average Bonchev–Trinajstić information content (AvgIpc) is 2.70. The number of anilines is 4. The second kappa shape index (κ2) is 9.06. The summed E-state index contributed by atoms with van der Waals surface area (Å²) in [5.74, 6) is -0.0380. The number of benzene rings is 1. The number of esters is 1. The Bertz CT molecular complexity index is 877. The van der Waals surface area contributed by atoms with Gasteiger partial charge in [-0.15, -0.1) is 13.2 Å². The van der Waals surface area contributed by atoms with Gasteiger partial charge in [-0.3, -0.25) is 4.79 Å². The first-order chi connectivity index (χ1) is 14.3. The maximum atomic E-state index is 12.3. The third kappa shape index (κ3) is 5.43. The molecule has 30 heavy (non-hydrogen) atoms. The van der Waals surface area contributed by atoms with Gasteiger partial charge in [-0.05, 0) is 44.0 Å². The number of aromatic nitrogens is 2. The van der Waals surface area contributed by atoms with E-state index in [0.29, 0.717) is 37.0 Å². The number of nitrogen functional groups attached to an aromatic ring is 1.